The Bertz CT molecular complexity index is 436. The van der Waals surface area contributed by atoms with Crippen LogP contribution < -0.4 is 0 Å². The molecular weight excluding hydrogens is 194 g/mol. The van der Waals surface area contributed by atoms with Crippen molar-refractivity contribution in [3.63, 3.8) is 0 Å². The van der Waals surface area contributed by atoms with Crippen molar-refractivity contribution in [3.8, 4) is 5.75 Å². The van der Waals surface area contributed by atoms with Crippen LogP contribution in [-0.4, -0.2) is 10.1 Å². The molecule has 74 valence electrons. The summed E-state index contributed by atoms with van der Waals surface area (Å²) in [6.07, 6.45) is 3.43. The minimum atomic E-state index is 0.322. The van der Waals surface area contributed by atoms with Gasteiger partial charge in [-0.05, 0) is 31.0 Å². The Balaban J connectivity index is 2.32. The first kappa shape index (κ1) is 9.46. The lowest BCUT2D eigenvalue weighted by atomic mass is 10.3. The van der Waals surface area contributed by atoms with Gasteiger partial charge in [0.15, 0.2) is 0 Å². The summed E-state index contributed by atoms with van der Waals surface area (Å²) in [6.45, 7) is 2.18. The summed E-state index contributed by atoms with van der Waals surface area (Å²) in [4.78, 5) is 4.50. The Kier molecular flexibility index (Phi) is 2.68. The zero-order valence-electron chi connectivity index (χ0n) is 8.16. The Morgan fingerprint density at radius 3 is 3.07 bits per heavy atom. The molecular formula is C11H13NOS. The normalized spacial score (nSPS) is 10.9. The number of unbranched alkanes of at least 4 members (excludes halogenated alkanes) is 1. The minimum Gasteiger partial charge on any atom is -0.508 e. The average Bonchev–Trinajstić information content (AvgIpc) is 2.56. The lowest BCUT2D eigenvalue weighted by Crippen LogP contribution is -1.80. The predicted molar refractivity (Wildman–Crippen MR) is 59.9 cm³/mol. The second-order valence-corrected chi connectivity index (χ2v) is 4.48. The van der Waals surface area contributed by atoms with Crippen molar-refractivity contribution >= 4 is 21.6 Å². The van der Waals surface area contributed by atoms with Crippen molar-refractivity contribution < 1.29 is 5.11 Å². The van der Waals surface area contributed by atoms with Crippen LogP contribution in [0.1, 0.15) is 24.8 Å². The number of aryl methyl sites for hydroxylation is 1. The molecule has 2 nitrogen and oxygen atoms in total. The van der Waals surface area contributed by atoms with Crippen LogP contribution in [0.2, 0.25) is 0 Å². The van der Waals surface area contributed by atoms with Crippen molar-refractivity contribution in [2.45, 2.75) is 26.2 Å². The van der Waals surface area contributed by atoms with Gasteiger partial charge in [-0.2, -0.15) is 0 Å². The van der Waals surface area contributed by atoms with Gasteiger partial charge in [-0.1, -0.05) is 13.3 Å². The number of aromatic nitrogens is 1. The molecule has 2 rings (SSSR count). The number of hydrogen-bond donors (Lipinski definition) is 1. The minimum absolute atomic E-state index is 0.322. The Hall–Kier alpha value is -1.09. The number of phenolic OH excluding ortho intramolecular Hbond substituents is 1. The van der Waals surface area contributed by atoms with Crippen LogP contribution in [0.25, 0.3) is 10.2 Å². The van der Waals surface area contributed by atoms with E-state index in [1.54, 1.807) is 23.5 Å². The van der Waals surface area contributed by atoms with Gasteiger partial charge in [0.05, 0.1) is 15.2 Å². The van der Waals surface area contributed by atoms with Crippen LogP contribution in [0.5, 0.6) is 5.75 Å². The Morgan fingerprint density at radius 1 is 1.43 bits per heavy atom. The maximum absolute atomic E-state index is 9.29. The first-order valence-electron chi connectivity index (χ1n) is 4.88. The van der Waals surface area contributed by atoms with E-state index in [1.807, 2.05) is 6.07 Å². The molecule has 3 heteroatoms. The van der Waals surface area contributed by atoms with E-state index in [2.05, 4.69) is 11.9 Å². The van der Waals surface area contributed by atoms with Crippen molar-refractivity contribution in [2.24, 2.45) is 0 Å². The highest BCUT2D eigenvalue weighted by molar-refractivity contribution is 7.18. The summed E-state index contributed by atoms with van der Waals surface area (Å²) in [5.41, 5.74) is 0.999. The van der Waals surface area contributed by atoms with E-state index in [0.717, 1.165) is 16.6 Å². The fourth-order valence-electron chi connectivity index (χ4n) is 1.40. The summed E-state index contributed by atoms with van der Waals surface area (Å²) in [5, 5.41) is 10.5. The first-order chi connectivity index (χ1) is 6.79. The molecule has 1 aromatic carbocycles. The summed E-state index contributed by atoms with van der Waals surface area (Å²) in [5.74, 6) is 0.322. The van der Waals surface area contributed by atoms with Crippen LogP contribution in [0, 0.1) is 0 Å². The second kappa shape index (κ2) is 3.96. The van der Waals surface area contributed by atoms with Gasteiger partial charge in [0, 0.05) is 0 Å². The largest absolute Gasteiger partial charge is 0.508 e. The van der Waals surface area contributed by atoms with Gasteiger partial charge in [-0.3, -0.25) is 0 Å². The zero-order valence-corrected chi connectivity index (χ0v) is 8.97. The number of aromatic hydroxyl groups is 1. The molecule has 0 aliphatic rings. The van der Waals surface area contributed by atoms with Crippen molar-refractivity contribution in [2.75, 3.05) is 0 Å². The molecule has 1 N–H and O–H groups in total. The highest BCUT2D eigenvalue weighted by Gasteiger charge is 2.03. The van der Waals surface area contributed by atoms with E-state index in [4.69, 9.17) is 0 Å². The van der Waals surface area contributed by atoms with Gasteiger partial charge >= 0.3 is 0 Å². The zero-order chi connectivity index (χ0) is 9.97. The Labute approximate surface area is 87.2 Å². The highest BCUT2D eigenvalue weighted by Crippen LogP contribution is 2.26. The lowest BCUT2D eigenvalue weighted by Gasteiger charge is -1.89. The van der Waals surface area contributed by atoms with Crippen molar-refractivity contribution in [3.05, 3.63) is 23.2 Å². The predicted octanol–water partition coefficient (Wildman–Crippen LogP) is 3.34. The van der Waals surface area contributed by atoms with Crippen LogP contribution >= 0.6 is 11.3 Å². The fraction of sp³-hybridized carbons (Fsp3) is 0.364. The van der Waals surface area contributed by atoms with E-state index in [9.17, 15) is 5.11 Å². The third-order valence-corrected chi connectivity index (χ3v) is 3.24. The van der Waals surface area contributed by atoms with Crippen LogP contribution in [0.15, 0.2) is 18.2 Å². The molecule has 0 radical (unpaired) electrons. The van der Waals surface area contributed by atoms with Gasteiger partial charge < -0.3 is 5.11 Å². The van der Waals surface area contributed by atoms with E-state index in [0.29, 0.717) is 5.75 Å². The molecule has 0 aliphatic heterocycles. The average molecular weight is 207 g/mol. The van der Waals surface area contributed by atoms with Crippen molar-refractivity contribution in [1.29, 1.82) is 0 Å². The molecule has 0 fully saturated rings. The van der Waals surface area contributed by atoms with Gasteiger partial charge in [-0.25, -0.2) is 4.98 Å². The smallest absolute Gasteiger partial charge is 0.117 e. The maximum Gasteiger partial charge on any atom is 0.117 e. The third-order valence-electron chi connectivity index (χ3n) is 2.16. The summed E-state index contributed by atoms with van der Waals surface area (Å²) in [6, 6.07) is 5.34. The quantitative estimate of drug-likeness (QED) is 0.837. The van der Waals surface area contributed by atoms with Gasteiger partial charge in [0.25, 0.3) is 0 Å². The number of hydrogen-bond acceptors (Lipinski definition) is 3. The standard InChI is InChI=1S/C11H13NOS/c1-2-3-4-11-12-9-6-5-8(13)7-10(9)14-11/h5-7,13H,2-4H2,1H3. The topological polar surface area (TPSA) is 33.1 Å². The third kappa shape index (κ3) is 1.87. The van der Waals surface area contributed by atoms with Crippen molar-refractivity contribution in [1.82, 2.24) is 4.98 Å². The molecule has 0 atom stereocenters. The maximum atomic E-state index is 9.29. The summed E-state index contributed by atoms with van der Waals surface area (Å²) >= 11 is 1.68. The number of fused-ring (bicyclic) bond motifs is 1. The van der Waals surface area contributed by atoms with E-state index < -0.39 is 0 Å². The van der Waals surface area contributed by atoms with Crippen LogP contribution in [0.4, 0.5) is 0 Å². The monoisotopic (exact) mass is 207 g/mol. The second-order valence-electron chi connectivity index (χ2n) is 3.36. The molecule has 0 saturated carbocycles. The van der Waals surface area contributed by atoms with Gasteiger partial charge in [0.2, 0.25) is 0 Å². The molecule has 0 aliphatic carbocycles. The van der Waals surface area contributed by atoms with Gasteiger partial charge in [-0.15, -0.1) is 11.3 Å². The number of phenols is 1. The summed E-state index contributed by atoms with van der Waals surface area (Å²) < 4.78 is 1.08. The SMILES string of the molecule is CCCCc1nc2ccc(O)cc2s1. The molecule has 2 aromatic rings. The fourth-order valence-corrected chi connectivity index (χ4v) is 2.44. The first-order valence-corrected chi connectivity index (χ1v) is 5.69. The number of rotatable bonds is 3. The highest BCUT2D eigenvalue weighted by atomic mass is 32.1. The molecule has 0 unspecified atom stereocenters. The van der Waals surface area contributed by atoms with Crippen LogP contribution in [-0.2, 0) is 6.42 Å². The number of benzene rings is 1. The van der Waals surface area contributed by atoms with E-state index in [1.165, 1.54) is 17.8 Å². The summed E-state index contributed by atoms with van der Waals surface area (Å²) in [7, 11) is 0. The molecule has 0 spiro atoms. The lowest BCUT2D eigenvalue weighted by molar-refractivity contribution is 0.476. The van der Waals surface area contributed by atoms with E-state index in [-0.39, 0.29) is 0 Å². The molecule has 0 amide bonds. The molecule has 0 saturated heterocycles. The van der Waals surface area contributed by atoms with E-state index >= 15 is 0 Å². The number of thiazole rings is 1. The van der Waals surface area contributed by atoms with Gasteiger partial charge in [0.1, 0.15) is 5.75 Å². The molecule has 0 bridgehead atoms. The molecule has 1 aromatic heterocycles. The molecule has 14 heavy (non-hydrogen) atoms. The van der Waals surface area contributed by atoms with Crippen LogP contribution in [0.3, 0.4) is 0 Å². The number of nitrogens with zero attached hydrogens (tertiary/aromatic N) is 1. The Morgan fingerprint density at radius 2 is 2.29 bits per heavy atom. The molecule has 1 heterocycles.